The third-order valence-corrected chi connectivity index (χ3v) is 1.65. The minimum absolute atomic E-state index is 0. The van der Waals surface area contributed by atoms with Gasteiger partial charge in [-0.15, -0.1) is 0 Å². The summed E-state index contributed by atoms with van der Waals surface area (Å²) in [6, 6.07) is 0. The van der Waals surface area contributed by atoms with Crippen LogP contribution in [0.15, 0.2) is 0 Å². The van der Waals surface area contributed by atoms with E-state index in [1.165, 1.54) is 11.5 Å². The van der Waals surface area contributed by atoms with Crippen molar-refractivity contribution in [2.24, 2.45) is 0 Å². The fraction of sp³-hybridized carbons (Fsp3) is 1.00. The van der Waals surface area contributed by atoms with Gasteiger partial charge in [0.05, 0.1) is 13.2 Å². The Morgan fingerprint density at radius 3 is 1.67 bits per heavy atom. The predicted octanol–water partition coefficient (Wildman–Crippen LogP) is 0.951. The van der Waals surface area contributed by atoms with Gasteiger partial charge in [0, 0.05) is 11.5 Å². The van der Waals surface area contributed by atoms with Gasteiger partial charge in [-0.1, -0.05) is 13.8 Å². The Balaban J connectivity index is 0. The average molecular weight is 152 g/mol. The van der Waals surface area contributed by atoms with Crippen molar-refractivity contribution in [2.75, 3.05) is 24.7 Å². The normalized spacial score (nSPS) is 16.7. The van der Waals surface area contributed by atoms with E-state index in [1.54, 1.807) is 0 Å². The van der Waals surface area contributed by atoms with Crippen molar-refractivity contribution < 1.29 is 10.2 Å². The highest BCUT2D eigenvalue weighted by Gasteiger charge is 1.95. The second-order valence-corrected chi connectivity index (χ2v) is 2.45. The largest absolute Gasteiger partial charge is 0.412 e. The average Bonchev–Trinajstić information content (AvgIpc) is 1.96. The number of ether oxygens (including phenoxy) is 1. The third kappa shape index (κ3) is 8.27. The fourth-order valence-electron chi connectivity index (χ4n) is 0.440. The maximum Gasteiger partial charge on any atom is 0.0557 e. The molecule has 0 amide bonds. The van der Waals surface area contributed by atoms with Crippen molar-refractivity contribution in [1.29, 1.82) is 0 Å². The molecule has 2 N–H and O–H groups in total. The van der Waals surface area contributed by atoms with Crippen LogP contribution in [0.3, 0.4) is 0 Å². The van der Waals surface area contributed by atoms with Crippen LogP contribution >= 0.6 is 11.8 Å². The molecule has 2 nitrogen and oxygen atoms in total. The van der Waals surface area contributed by atoms with Gasteiger partial charge in [0.1, 0.15) is 0 Å². The molecule has 0 saturated carbocycles. The summed E-state index contributed by atoms with van der Waals surface area (Å²) in [7, 11) is 0. The van der Waals surface area contributed by atoms with Crippen LogP contribution in [0.1, 0.15) is 13.8 Å². The summed E-state index contributed by atoms with van der Waals surface area (Å²) in [5.74, 6) is 2.39. The van der Waals surface area contributed by atoms with Crippen LogP contribution in [0.2, 0.25) is 0 Å². The van der Waals surface area contributed by atoms with E-state index in [0.717, 1.165) is 13.2 Å². The Labute approximate surface area is 61.3 Å². The van der Waals surface area contributed by atoms with E-state index in [-0.39, 0.29) is 5.48 Å². The Hall–Kier alpha value is 0.270. The minimum Gasteiger partial charge on any atom is -0.412 e. The first kappa shape index (κ1) is 12.0. The van der Waals surface area contributed by atoms with Crippen molar-refractivity contribution in [1.82, 2.24) is 0 Å². The Kier molecular flexibility index (Phi) is 14.8. The van der Waals surface area contributed by atoms with E-state index in [9.17, 15) is 0 Å². The lowest BCUT2D eigenvalue weighted by atomic mass is 10.8. The summed E-state index contributed by atoms with van der Waals surface area (Å²) in [5, 5.41) is 0. The predicted molar refractivity (Wildman–Crippen MR) is 43.1 cm³/mol. The smallest absolute Gasteiger partial charge is 0.0557 e. The van der Waals surface area contributed by atoms with E-state index in [1.807, 2.05) is 25.6 Å². The lowest BCUT2D eigenvalue weighted by Gasteiger charge is -2.07. The van der Waals surface area contributed by atoms with Gasteiger partial charge in [-0.05, 0) is 0 Å². The van der Waals surface area contributed by atoms with Crippen molar-refractivity contribution in [3.8, 4) is 0 Å². The van der Waals surface area contributed by atoms with Crippen molar-refractivity contribution in [2.45, 2.75) is 13.8 Å². The highest BCUT2D eigenvalue weighted by molar-refractivity contribution is 7.99. The molecule has 0 aromatic carbocycles. The highest BCUT2D eigenvalue weighted by Crippen LogP contribution is 2.03. The quantitative estimate of drug-likeness (QED) is 0.518. The Bertz CT molecular complexity index is 26.5. The molecular weight excluding hydrogens is 136 g/mol. The van der Waals surface area contributed by atoms with E-state index >= 15 is 0 Å². The molecule has 0 spiro atoms. The van der Waals surface area contributed by atoms with E-state index in [0.29, 0.717) is 0 Å². The summed E-state index contributed by atoms with van der Waals surface area (Å²) in [6.07, 6.45) is 0. The van der Waals surface area contributed by atoms with Gasteiger partial charge in [0.25, 0.3) is 0 Å². The molecule has 1 rings (SSSR count). The van der Waals surface area contributed by atoms with Crippen LogP contribution in [0.25, 0.3) is 0 Å². The molecule has 0 aliphatic carbocycles. The fourth-order valence-corrected chi connectivity index (χ4v) is 1.12. The minimum atomic E-state index is 0. The Morgan fingerprint density at radius 1 is 1.11 bits per heavy atom. The lowest BCUT2D eigenvalue weighted by Crippen LogP contribution is -2.08. The zero-order chi connectivity index (χ0) is 6.24. The van der Waals surface area contributed by atoms with Gasteiger partial charge in [-0.25, -0.2) is 0 Å². The number of rotatable bonds is 0. The lowest BCUT2D eigenvalue weighted by molar-refractivity contribution is 0.161. The monoisotopic (exact) mass is 152 g/mol. The Morgan fingerprint density at radius 2 is 1.56 bits per heavy atom. The molecule has 1 aliphatic rings. The van der Waals surface area contributed by atoms with Crippen molar-refractivity contribution in [3.63, 3.8) is 0 Å². The SMILES string of the molecule is C1CSCCO1.CC.O. The molecule has 0 bridgehead atoms. The van der Waals surface area contributed by atoms with Crippen LogP contribution in [-0.4, -0.2) is 30.2 Å². The molecule has 0 radical (unpaired) electrons. The highest BCUT2D eigenvalue weighted by atomic mass is 32.2. The molecule has 0 aromatic heterocycles. The maximum absolute atomic E-state index is 5.05. The summed E-state index contributed by atoms with van der Waals surface area (Å²) in [6.45, 7) is 5.93. The molecule has 1 aliphatic heterocycles. The zero-order valence-electron chi connectivity index (χ0n) is 6.14. The topological polar surface area (TPSA) is 40.7 Å². The zero-order valence-corrected chi connectivity index (χ0v) is 6.96. The molecule has 0 unspecified atom stereocenters. The summed E-state index contributed by atoms with van der Waals surface area (Å²) in [4.78, 5) is 0. The molecule has 1 heterocycles. The van der Waals surface area contributed by atoms with Gasteiger partial charge in [-0.2, -0.15) is 11.8 Å². The number of hydrogen-bond donors (Lipinski definition) is 0. The van der Waals surface area contributed by atoms with Gasteiger partial charge >= 0.3 is 0 Å². The molecule has 0 aromatic rings. The second kappa shape index (κ2) is 11.1. The molecule has 1 fully saturated rings. The first-order valence-electron chi connectivity index (χ1n) is 3.15. The van der Waals surface area contributed by atoms with Gasteiger partial charge in [0.15, 0.2) is 0 Å². The summed E-state index contributed by atoms with van der Waals surface area (Å²) >= 11 is 1.97. The standard InChI is InChI=1S/C4H8OS.C2H6.H2O/c1-3-6-4-2-5-1;1-2;/h1-4H2;1-2H3;1H2. The van der Waals surface area contributed by atoms with E-state index in [2.05, 4.69) is 0 Å². The molecule has 58 valence electrons. The van der Waals surface area contributed by atoms with Crippen molar-refractivity contribution >= 4 is 11.8 Å². The summed E-state index contributed by atoms with van der Waals surface area (Å²) in [5.41, 5.74) is 0. The molecule has 1 saturated heterocycles. The van der Waals surface area contributed by atoms with Crippen LogP contribution in [0, 0.1) is 0 Å². The third-order valence-electron chi connectivity index (χ3n) is 0.744. The molecule has 0 atom stereocenters. The second-order valence-electron chi connectivity index (χ2n) is 1.22. The van der Waals surface area contributed by atoms with Crippen LogP contribution in [0.4, 0.5) is 0 Å². The first-order valence-corrected chi connectivity index (χ1v) is 4.31. The van der Waals surface area contributed by atoms with Crippen LogP contribution < -0.4 is 0 Å². The van der Waals surface area contributed by atoms with Gasteiger partial charge in [-0.3, -0.25) is 0 Å². The maximum atomic E-state index is 5.05. The number of thioether (sulfide) groups is 1. The van der Waals surface area contributed by atoms with Gasteiger partial charge < -0.3 is 10.2 Å². The summed E-state index contributed by atoms with van der Waals surface area (Å²) < 4.78 is 5.05. The first-order chi connectivity index (χ1) is 4.00. The van der Waals surface area contributed by atoms with Gasteiger partial charge in [0.2, 0.25) is 0 Å². The van der Waals surface area contributed by atoms with E-state index in [4.69, 9.17) is 4.74 Å². The molecular formula is C6H16O2S. The molecule has 9 heavy (non-hydrogen) atoms. The number of hydrogen-bond acceptors (Lipinski definition) is 2. The van der Waals surface area contributed by atoms with Crippen molar-refractivity contribution in [3.05, 3.63) is 0 Å². The van der Waals surface area contributed by atoms with E-state index < -0.39 is 0 Å². The van der Waals surface area contributed by atoms with Crippen LogP contribution in [0.5, 0.6) is 0 Å². The van der Waals surface area contributed by atoms with Crippen LogP contribution in [-0.2, 0) is 4.74 Å². The molecule has 3 heteroatoms.